The van der Waals surface area contributed by atoms with E-state index in [1.54, 1.807) is 0 Å². The van der Waals surface area contributed by atoms with Gasteiger partial charge in [0, 0.05) is 13.0 Å². The average Bonchev–Trinajstić information content (AvgIpc) is 2.77. The fourth-order valence-electron chi connectivity index (χ4n) is 1.26. The number of nitrogens with one attached hydrogen (secondary N) is 2. The smallest absolute Gasteiger partial charge is 0.227 e. The molecule has 98 valence electrons. The highest BCUT2D eigenvalue weighted by Gasteiger charge is 2.09. The first-order valence-electron chi connectivity index (χ1n) is 5.57. The first kappa shape index (κ1) is 14.1. The van der Waals surface area contributed by atoms with Crippen molar-refractivity contribution < 1.29 is 12.9 Å². The number of sulfonamides is 1. The van der Waals surface area contributed by atoms with Gasteiger partial charge < -0.3 is 9.84 Å². The quantitative estimate of drug-likeness (QED) is 0.584. The third-order valence-electron chi connectivity index (χ3n) is 2.08. The normalized spacial score (nSPS) is 11.8. The van der Waals surface area contributed by atoms with Crippen LogP contribution in [-0.2, 0) is 16.4 Å². The molecule has 0 aromatic carbocycles. The molecule has 0 spiro atoms. The lowest BCUT2D eigenvalue weighted by atomic mass is 10.4. The summed E-state index contributed by atoms with van der Waals surface area (Å²) in [6.07, 6.45) is 2.30. The molecule has 0 amide bonds. The first-order chi connectivity index (χ1) is 8.14. The van der Waals surface area contributed by atoms with E-state index in [2.05, 4.69) is 20.2 Å². The summed E-state index contributed by atoms with van der Waals surface area (Å²) in [4.78, 5) is 3.80. The first-order valence-corrected chi connectivity index (χ1v) is 7.23. The zero-order valence-electron chi connectivity index (χ0n) is 9.85. The van der Waals surface area contributed by atoms with Crippen LogP contribution in [0.1, 0.15) is 19.2 Å². The number of rotatable bonds is 9. The Morgan fingerprint density at radius 2 is 2.24 bits per heavy atom. The molecule has 8 heteroatoms. The zero-order valence-corrected chi connectivity index (χ0v) is 10.7. The second-order valence-corrected chi connectivity index (χ2v) is 5.43. The molecule has 0 saturated heterocycles. The summed E-state index contributed by atoms with van der Waals surface area (Å²) in [6.45, 7) is 3.83. The molecular formula is C9H18N4O3S. The van der Waals surface area contributed by atoms with Gasteiger partial charge >= 0.3 is 0 Å². The van der Waals surface area contributed by atoms with E-state index in [0.29, 0.717) is 25.3 Å². The van der Waals surface area contributed by atoms with Gasteiger partial charge in [0.2, 0.25) is 15.9 Å². The van der Waals surface area contributed by atoms with Crippen molar-refractivity contribution in [3.8, 4) is 0 Å². The maximum atomic E-state index is 11.5. The second-order valence-electron chi connectivity index (χ2n) is 3.51. The molecule has 1 heterocycles. The Morgan fingerprint density at radius 3 is 2.88 bits per heavy atom. The Balaban J connectivity index is 2.16. The molecule has 0 aliphatic rings. The number of nitrogens with zero attached hydrogens (tertiary/aromatic N) is 2. The minimum Gasteiger partial charge on any atom is -0.340 e. The molecule has 1 rings (SSSR count). The van der Waals surface area contributed by atoms with Gasteiger partial charge in [-0.1, -0.05) is 12.1 Å². The predicted molar refractivity (Wildman–Crippen MR) is 63.0 cm³/mol. The van der Waals surface area contributed by atoms with E-state index in [1.807, 2.05) is 6.92 Å². The number of hydrogen-bond donors (Lipinski definition) is 2. The summed E-state index contributed by atoms with van der Waals surface area (Å²) in [5.41, 5.74) is 0. The second kappa shape index (κ2) is 7.36. The van der Waals surface area contributed by atoms with Crippen LogP contribution >= 0.6 is 0 Å². The van der Waals surface area contributed by atoms with Crippen LogP contribution in [0.4, 0.5) is 0 Å². The SMILES string of the molecule is CCNCCCS(=O)(=O)NCCc1ncno1. The fraction of sp³-hybridized carbons (Fsp3) is 0.778. The summed E-state index contributed by atoms with van der Waals surface area (Å²) in [7, 11) is -3.20. The third-order valence-corrected chi connectivity index (χ3v) is 3.55. The molecule has 0 aliphatic heterocycles. The largest absolute Gasteiger partial charge is 0.340 e. The van der Waals surface area contributed by atoms with Gasteiger partial charge in [-0.15, -0.1) is 0 Å². The van der Waals surface area contributed by atoms with E-state index in [9.17, 15) is 8.42 Å². The van der Waals surface area contributed by atoms with E-state index in [4.69, 9.17) is 4.52 Å². The van der Waals surface area contributed by atoms with Crippen molar-refractivity contribution in [3.63, 3.8) is 0 Å². The Morgan fingerprint density at radius 1 is 1.41 bits per heavy atom. The van der Waals surface area contributed by atoms with Gasteiger partial charge in [0.1, 0.15) is 0 Å². The highest BCUT2D eigenvalue weighted by Crippen LogP contribution is 1.93. The lowest BCUT2D eigenvalue weighted by Crippen LogP contribution is -2.30. The molecular weight excluding hydrogens is 244 g/mol. The van der Waals surface area contributed by atoms with Crippen LogP contribution in [0.25, 0.3) is 0 Å². The molecule has 7 nitrogen and oxygen atoms in total. The van der Waals surface area contributed by atoms with Crippen molar-refractivity contribution in [1.29, 1.82) is 0 Å². The van der Waals surface area contributed by atoms with Crippen molar-refractivity contribution in [2.24, 2.45) is 0 Å². The van der Waals surface area contributed by atoms with Crippen LogP contribution in [0.3, 0.4) is 0 Å². The molecule has 17 heavy (non-hydrogen) atoms. The van der Waals surface area contributed by atoms with Crippen molar-refractivity contribution in [2.45, 2.75) is 19.8 Å². The molecule has 0 radical (unpaired) electrons. The molecule has 1 aromatic rings. The highest BCUT2D eigenvalue weighted by atomic mass is 32.2. The standard InChI is InChI=1S/C9H18N4O3S/c1-2-10-5-3-7-17(14,15)13-6-4-9-11-8-12-16-9/h8,10,13H,2-7H2,1H3. The molecule has 0 saturated carbocycles. The molecule has 0 unspecified atom stereocenters. The molecule has 0 fully saturated rings. The van der Waals surface area contributed by atoms with Crippen LogP contribution in [0, 0.1) is 0 Å². The van der Waals surface area contributed by atoms with Crippen LogP contribution in [-0.4, -0.2) is 43.9 Å². The van der Waals surface area contributed by atoms with Gasteiger partial charge in [0.05, 0.1) is 5.75 Å². The van der Waals surface area contributed by atoms with Crippen molar-refractivity contribution in [2.75, 3.05) is 25.4 Å². The summed E-state index contributed by atoms with van der Waals surface area (Å²) < 4.78 is 30.3. The van der Waals surface area contributed by atoms with Gasteiger partial charge in [-0.3, -0.25) is 0 Å². The van der Waals surface area contributed by atoms with Crippen LogP contribution in [0.15, 0.2) is 10.9 Å². The maximum Gasteiger partial charge on any atom is 0.227 e. The van der Waals surface area contributed by atoms with Crippen LogP contribution in [0.2, 0.25) is 0 Å². The van der Waals surface area contributed by atoms with Crippen LogP contribution in [0.5, 0.6) is 0 Å². The number of hydrogen-bond acceptors (Lipinski definition) is 6. The van der Waals surface area contributed by atoms with Crippen molar-refractivity contribution in [3.05, 3.63) is 12.2 Å². The summed E-state index contributed by atoms with van der Waals surface area (Å²) in [5.74, 6) is 0.560. The Labute approximate surface area is 101 Å². The monoisotopic (exact) mass is 262 g/mol. The fourth-order valence-corrected chi connectivity index (χ4v) is 2.34. The van der Waals surface area contributed by atoms with Gasteiger partial charge in [-0.05, 0) is 19.5 Å². The summed E-state index contributed by atoms with van der Waals surface area (Å²) in [5, 5.41) is 6.51. The molecule has 2 N–H and O–H groups in total. The van der Waals surface area contributed by atoms with Crippen LogP contribution < -0.4 is 10.0 Å². The van der Waals surface area contributed by atoms with Gasteiger partial charge in [-0.25, -0.2) is 13.1 Å². The third kappa shape index (κ3) is 6.35. The maximum absolute atomic E-state index is 11.5. The average molecular weight is 262 g/mol. The van der Waals surface area contributed by atoms with Gasteiger partial charge in [-0.2, -0.15) is 4.98 Å². The van der Waals surface area contributed by atoms with E-state index in [0.717, 1.165) is 6.54 Å². The van der Waals surface area contributed by atoms with Gasteiger partial charge in [0.25, 0.3) is 0 Å². The van der Waals surface area contributed by atoms with Gasteiger partial charge in [0.15, 0.2) is 6.33 Å². The minimum atomic E-state index is -3.20. The minimum absolute atomic E-state index is 0.129. The predicted octanol–water partition coefficient (Wildman–Crippen LogP) is -0.469. The Bertz CT molecular complexity index is 390. The summed E-state index contributed by atoms with van der Waals surface area (Å²) in [6, 6.07) is 0. The number of aromatic nitrogens is 2. The Hall–Kier alpha value is -0.990. The van der Waals surface area contributed by atoms with E-state index in [-0.39, 0.29) is 12.3 Å². The molecule has 0 atom stereocenters. The lowest BCUT2D eigenvalue weighted by Gasteiger charge is -2.05. The zero-order chi connectivity index (χ0) is 12.6. The Kier molecular flexibility index (Phi) is 6.09. The van der Waals surface area contributed by atoms with E-state index < -0.39 is 10.0 Å². The summed E-state index contributed by atoms with van der Waals surface area (Å²) >= 11 is 0. The van der Waals surface area contributed by atoms with E-state index >= 15 is 0 Å². The molecule has 0 bridgehead atoms. The van der Waals surface area contributed by atoms with E-state index in [1.165, 1.54) is 6.33 Å². The topological polar surface area (TPSA) is 97.1 Å². The highest BCUT2D eigenvalue weighted by molar-refractivity contribution is 7.89. The molecule has 1 aromatic heterocycles. The lowest BCUT2D eigenvalue weighted by molar-refractivity contribution is 0.377. The van der Waals surface area contributed by atoms with Crippen molar-refractivity contribution in [1.82, 2.24) is 20.2 Å². The molecule has 0 aliphatic carbocycles. The van der Waals surface area contributed by atoms with Crippen molar-refractivity contribution >= 4 is 10.0 Å².